The number of aromatic amines is 1. The number of ketones is 1. The first-order valence-electron chi connectivity index (χ1n) is 13.9. The molecule has 0 fully saturated rings. The average molecular weight is 576 g/mol. The number of carbonyl (C=O) groups is 1. The molecular formula is C34H29N3O4S. The summed E-state index contributed by atoms with van der Waals surface area (Å²) in [5.41, 5.74) is 4.38. The maximum atomic E-state index is 14.0. The van der Waals surface area contributed by atoms with Crippen molar-refractivity contribution in [1.82, 2.24) is 9.78 Å². The molecule has 3 aromatic carbocycles. The molecule has 0 bridgehead atoms. The Morgan fingerprint density at radius 3 is 2.43 bits per heavy atom. The Balaban J connectivity index is 1.33. The van der Waals surface area contributed by atoms with Gasteiger partial charge in [0.2, 0.25) is 0 Å². The molecule has 2 aliphatic rings. The monoisotopic (exact) mass is 575 g/mol. The van der Waals surface area contributed by atoms with Crippen LogP contribution in [0.3, 0.4) is 0 Å². The van der Waals surface area contributed by atoms with Gasteiger partial charge < -0.3 is 14.8 Å². The maximum absolute atomic E-state index is 14.0. The number of hydrogen-bond acceptors (Lipinski definition) is 6. The number of para-hydroxylation sites is 1. The summed E-state index contributed by atoms with van der Waals surface area (Å²) >= 11 is 1.67. The fraction of sp³-hybridized carbons (Fsp3) is 0.176. The smallest absolute Gasteiger partial charge is 0.277 e. The number of benzene rings is 3. The highest BCUT2D eigenvalue weighted by Crippen LogP contribution is 2.48. The second-order valence-corrected chi connectivity index (χ2v) is 11.5. The number of hydrogen-bond donors (Lipinski definition) is 2. The van der Waals surface area contributed by atoms with E-state index in [2.05, 4.69) is 16.5 Å². The Bertz CT molecular complexity index is 1840. The first kappa shape index (κ1) is 26.1. The number of ether oxygens (including phenoxy) is 2. The van der Waals surface area contributed by atoms with Crippen LogP contribution >= 0.6 is 11.3 Å². The first-order valence-corrected chi connectivity index (χ1v) is 14.8. The summed E-state index contributed by atoms with van der Waals surface area (Å²) in [6.45, 7) is 0.394. The first-order chi connectivity index (χ1) is 20.6. The van der Waals surface area contributed by atoms with Crippen molar-refractivity contribution in [2.24, 2.45) is 0 Å². The van der Waals surface area contributed by atoms with Gasteiger partial charge >= 0.3 is 0 Å². The highest BCUT2D eigenvalue weighted by molar-refractivity contribution is 7.10. The van der Waals surface area contributed by atoms with E-state index in [1.807, 2.05) is 90.3 Å². The lowest BCUT2D eigenvalue weighted by molar-refractivity contribution is -0.116. The topological polar surface area (TPSA) is 85.4 Å². The molecular weight excluding hydrogens is 546 g/mol. The Morgan fingerprint density at radius 2 is 1.69 bits per heavy atom. The Labute approximate surface area is 247 Å². The minimum absolute atomic E-state index is 0.0491. The third-order valence-corrected chi connectivity index (χ3v) is 9.04. The number of nitrogens with zero attached hydrogens (tertiary/aromatic N) is 1. The normalized spacial score (nSPS) is 17.8. The van der Waals surface area contributed by atoms with Gasteiger partial charge in [-0.25, -0.2) is 4.68 Å². The van der Waals surface area contributed by atoms with E-state index < -0.39 is 5.92 Å². The van der Waals surface area contributed by atoms with Crippen LogP contribution in [0.1, 0.15) is 46.2 Å². The molecule has 0 unspecified atom stereocenters. The molecule has 3 heterocycles. The van der Waals surface area contributed by atoms with Crippen LogP contribution in [-0.4, -0.2) is 22.7 Å². The van der Waals surface area contributed by atoms with Crippen LogP contribution in [0.2, 0.25) is 0 Å². The molecule has 2 atom stereocenters. The largest absolute Gasteiger partial charge is 0.493 e. The molecule has 2 N–H and O–H groups in total. The number of Topliss-reactive ketones (excluding diaryl/α,β-unsaturated/α-hetero) is 1. The lowest BCUT2D eigenvalue weighted by Gasteiger charge is -2.34. The SMILES string of the molecule is COc1cc([C@H]2C3=C(C[C@H](c4cccs4)CC3=O)Nc3[nH]n(-c4ccccc4)c(=O)c32)ccc1OCc1ccccc1. The standard InChI is InChI=1S/C34H29N3O4S/c1-40-28-19-22(14-15-27(28)41-20-21-9-4-2-5-10-21)30-31-25(17-23(18-26(31)38)29-13-8-16-42-29)35-33-32(30)34(39)37(36-33)24-11-6-3-7-12-24/h2-16,19,23,30,35-36H,17-18,20H2,1H3/t23-,30-/m0/s1. The van der Waals surface area contributed by atoms with Gasteiger partial charge in [-0.1, -0.05) is 60.7 Å². The molecule has 0 spiro atoms. The lowest BCUT2D eigenvalue weighted by Crippen LogP contribution is -2.31. The van der Waals surface area contributed by atoms with E-state index in [9.17, 15) is 9.59 Å². The molecule has 0 amide bonds. The predicted octanol–water partition coefficient (Wildman–Crippen LogP) is 6.77. The lowest BCUT2D eigenvalue weighted by atomic mass is 9.74. The van der Waals surface area contributed by atoms with Crippen molar-refractivity contribution >= 4 is 22.9 Å². The zero-order chi connectivity index (χ0) is 28.6. The molecule has 7 rings (SSSR count). The summed E-state index contributed by atoms with van der Waals surface area (Å²) < 4.78 is 13.4. The van der Waals surface area contributed by atoms with Gasteiger partial charge in [-0.05, 0) is 53.3 Å². The predicted molar refractivity (Wildman–Crippen MR) is 164 cm³/mol. The molecule has 0 saturated heterocycles. The molecule has 0 saturated carbocycles. The minimum Gasteiger partial charge on any atom is -0.493 e. The third kappa shape index (κ3) is 4.63. The van der Waals surface area contributed by atoms with E-state index in [0.717, 1.165) is 22.5 Å². The van der Waals surface area contributed by atoms with Gasteiger partial charge in [0.25, 0.3) is 5.56 Å². The van der Waals surface area contributed by atoms with Crippen molar-refractivity contribution in [3.05, 3.63) is 140 Å². The van der Waals surface area contributed by atoms with Crippen molar-refractivity contribution in [2.75, 3.05) is 12.4 Å². The fourth-order valence-corrected chi connectivity index (χ4v) is 6.86. The Morgan fingerprint density at radius 1 is 0.905 bits per heavy atom. The quantitative estimate of drug-likeness (QED) is 0.224. The molecule has 1 aliphatic carbocycles. The van der Waals surface area contributed by atoms with Crippen LogP contribution < -0.4 is 20.3 Å². The number of rotatable bonds is 7. The van der Waals surface area contributed by atoms with Crippen molar-refractivity contribution in [1.29, 1.82) is 0 Å². The summed E-state index contributed by atoms with van der Waals surface area (Å²) in [6, 6.07) is 29.2. The second kappa shape index (κ2) is 10.9. The number of allylic oxidation sites excluding steroid dienone is 2. The average Bonchev–Trinajstić information content (AvgIpc) is 3.68. The summed E-state index contributed by atoms with van der Waals surface area (Å²) in [4.78, 5) is 29.1. The number of thiophene rings is 1. The highest BCUT2D eigenvalue weighted by atomic mass is 32.1. The van der Waals surface area contributed by atoms with Crippen LogP contribution in [0.15, 0.2) is 112 Å². The van der Waals surface area contributed by atoms with Crippen LogP contribution in [0.5, 0.6) is 11.5 Å². The Kier molecular flexibility index (Phi) is 6.76. The summed E-state index contributed by atoms with van der Waals surface area (Å²) in [5, 5.41) is 8.80. The molecule has 7 nitrogen and oxygen atoms in total. The van der Waals surface area contributed by atoms with Crippen molar-refractivity contribution in [2.45, 2.75) is 31.3 Å². The second-order valence-electron chi connectivity index (χ2n) is 10.6. The van der Waals surface area contributed by atoms with Crippen LogP contribution in [0, 0.1) is 0 Å². The Hall–Kier alpha value is -4.82. The number of aromatic nitrogens is 2. The number of anilines is 1. The van der Waals surface area contributed by atoms with Gasteiger partial charge in [0.05, 0.1) is 18.4 Å². The molecule has 42 heavy (non-hydrogen) atoms. The summed E-state index contributed by atoms with van der Waals surface area (Å²) in [6.07, 6.45) is 1.09. The molecule has 1 aliphatic heterocycles. The maximum Gasteiger partial charge on any atom is 0.277 e. The van der Waals surface area contributed by atoms with E-state index in [1.54, 1.807) is 23.1 Å². The zero-order valence-corrected chi connectivity index (χ0v) is 23.8. The molecule has 210 valence electrons. The van der Waals surface area contributed by atoms with Gasteiger partial charge in [0, 0.05) is 34.4 Å². The molecule has 0 radical (unpaired) electrons. The van der Waals surface area contributed by atoms with E-state index in [0.29, 0.717) is 47.9 Å². The minimum atomic E-state index is -0.557. The summed E-state index contributed by atoms with van der Waals surface area (Å²) in [7, 11) is 1.60. The van der Waals surface area contributed by atoms with E-state index >= 15 is 0 Å². The van der Waals surface area contributed by atoms with Crippen molar-refractivity contribution < 1.29 is 14.3 Å². The fourth-order valence-electron chi connectivity index (χ4n) is 6.03. The van der Waals surface area contributed by atoms with Crippen molar-refractivity contribution in [3.63, 3.8) is 0 Å². The van der Waals surface area contributed by atoms with Crippen molar-refractivity contribution in [3.8, 4) is 17.2 Å². The number of nitrogens with one attached hydrogen (secondary N) is 2. The molecule has 2 aromatic heterocycles. The van der Waals surface area contributed by atoms with Gasteiger partial charge in [-0.15, -0.1) is 11.3 Å². The number of fused-ring (bicyclic) bond motifs is 1. The van der Waals surface area contributed by atoms with Crippen LogP contribution in [0.4, 0.5) is 5.82 Å². The van der Waals surface area contributed by atoms with Gasteiger partial charge in [-0.2, -0.15) is 0 Å². The third-order valence-electron chi connectivity index (χ3n) is 8.01. The van der Waals surface area contributed by atoms with E-state index in [1.165, 1.54) is 4.88 Å². The van der Waals surface area contributed by atoms with E-state index in [-0.39, 0.29) is 17.3 Å². The number of H-pyrrole nitrogens is 1. The molecule has 5 aromatic rings. The van der Waals surface area contributed by atoms with Gasteiger partial charge in [0.1, 0.15) is 12.4 Å². The summed E-state index contributed by atoms with van der Waals surface area (Å²) in [5.74, 6) is 1.33. The van der Waals surface area contributed by atoms with Gasteiger partial charge in [-0.3, -0.25) is 14.7 Å². The molecule has 8 heteroatoms. The van der Waals surface area contributed by atoms with Crippen LogP contribution in [-0.2, 0) is 11.4 Å². The van der Waals surface area contributed by atoms with Crippen LogP contribution in [0.25, 0.3) is 5.69 Å². The number of methoxy groups -OCH3 is 1. The highest BCUT2D eigenvalue weighted by Gasteiger charge is 2.41. The zero-order valence-electron chi connectivity index (χ0n) is 23.0. The van der Waals surface area contributed by atoms with E-state index in [4.69, 9.17) is 9.47 Å². The number of carbonyl (C=O) groups excluding carboxylic acids is 1. The van der Waals surface area contributed by atoms with Gasteiger partial charge in [0.15, 0.2) is 17.3 Å².